The first-order chi connectivity index (χ1) is 6.39. The third-order valence-corrected chi connectivity index (χ3v) is 5.16. The minimum atomic E-state index is -0.303. The van der Waals surface area contributed by atoms with Gasteiger partial charge in [0.1, 0.15) is 6.23 Å². The van der Waals surface area contributed by atoms with E-state index in [0.29, 0.717) is 5.41 Å². The van der Waals surface area contributed by atoms with E-state index in [1.54, 1.807) is 0 Å². The largest absolute Gasteiger partial charge is 0.378 e. The second kappa shape index (κ2) is 2.96. The summed E-state index contributed by atoms with van der Waals surface area (Å²) in [5, 5.41) is 13.3. The van der Waals surface area contributed by atoms with Crippen molar-refractivity contribution in [2.24, 2.45) is 22.7 Å². The zero-order chi connectivity index (χ0) is 10.6. The van der Waals surface area contributed by atoms with Crippen molar-refractivity contribution in [2.75, 3.05) is 6.54 Å². The van der Waals surface area contributed by atoms with E-state index in [1.165, 1.54) is 6.42 Å². The summed E-state index contributed by atoms with van der Waals surface area (Å²) in [7, 11) is 0. The predicted octanol–water partition coefficient (Wildman–Crippen LogP) is 1.99. The number of hydrogen-bond acceptors (Lipinski definition) is 2. The van der Waals surface area contributed by atoms with Gasteiger partial charge in [0, 0.05) is 12.0 Å². The number of aliphatic hydroxyl groups excluding tert-OH is 1. The van der Waals surface area contributed by atoms with E-state index in [0.717, 1.165) is 24.8 Å². The van der Waals surface area contributed by atoms with Gasteiger partial charge in [-0.3, -0.25) is 5.32 Å². The van der Waals surface area contributed by atoms with Gasteiger partial charge in [-0.1, -0.05) is 27.7 Å². The zero-order valence-electron chi connectivity index (χ0n) is 9.80. The Balaban J connectivity index is 2.30. The molecule has 0 radical (unpaired) electrons. The SMILES string of the molecule is CC1CC2(C)CNC(O)C2(C)CC1C. The molecule has 0 bridgehead atoms. The van der Waals surface area contributed by atoms with Crippen LogP contribution in [0, 0.1) is 22.7 Å². The van der Waals surface area contributed by atoms with E-state index < -0.39 is 0 Å². The molecule has 0 aromatic carbocycles. The Morgan fingerprint density at radius 1 is 1.14 bits per heavy atom. The van der Waals surface area contributed by atoms with Crippen molar-refractivity contribution in [3.63, 3.8) is 0 Å². The van der Waals surface area contributed by atoms with E-state index in [4.69, 9.17) is 0 Å². The second-order valence-electron chi connectivity index (χ2n) is 6.12. The minimum Gasteiger partial charge on any atom is -0.378 e. The molecule has 2 heteroatoms. The molecular formula is C12H23NO. The number of aliphatic hydroxyl groups is 1. The Morgan fingerprint density at radius 2 is 1.71 bits per heavy atom. The molecule has 2 fully saturated rings. The molecule has 0 amide bonds. The number of hydrogen-bond donors (Lipinski definition) is 2. The van der Waals surface area contributed by atoms with Crippen molar-refractivity contribution in [3.05, 3.63) is 0 Å². The molecule has 82 valence electrons. The maximum absolute atomic E-state index is 10.0. The average molecular weight is 197 g/mol. The standard InChI is InChI=1S/C12H23NO/c1-8-5-11(3)7-13-10(14)12(11,4)6-9(8)2/h8-10,13-14H,5-7H2,1-4H3. The molecule has 2 N–H and O–H groups in total. The Bertz CT molecular complexity index is 242. The van der Waals surface area contributed by atoms with Crippen LogP contribution in [0.25, 0.3) is 0 Å². The van der Waals surface area contributed by atoms with E-state index in [2.05, 4.69) is 33.0 Å². The Hall–Kier alpha value is -0.0800. The van der Waals surface area contributed by atoms with Crippen molar-refractivity contribution >= 4 is 0 Å². The first-order valence-electron chi connectivity index (χ1n) is 5.80. The molecule has 5 atom stereocenters. The first-order valence-corrected chi connectivity index (χ1v) is 5.80. The van der Waals surface area contributed by atoms with Gasteiger partial charge >= 0.3 is 0 Å². The third kappa shape index (κ3) is 1.17. The second-order valence-corrected chi connectivity index (χ2v) is 6.12. The molecule has 1 aliphatic carbocycles. The van der Waals surface area contributed by atoms with Gasteiger partial charge in [-0.05, 0) is 30.1 Å². The van der Waals surface area contributed by atoms with Crippen LogP contribution in [0.2, 0.25) is 0 Å². The monoisotopic (exact) mass is 197 g/mol. The lowest BCUT2D eigenvalue weighted by atomic mass is 9.54. The van der Waals surface area contributed by atoms with Crippen LogP contribution in [-0.4, -0.2) is 17.9 Å². The zero-order valence-corrected chi connectivity index (χ0v) is 9.80. The maximum Gasteiger partial charge on any atom is 0.110 e. The highest BCUT2D eigenvalue weighted by atomic mass is 16.3. The van der Waals surface area contributed by atoms with Crippen LogP contribution in [0.3, 0.4) is 0 Å². The van der Waals surface area contributed by atoms with Crippen LogP contribution in [0.5, 0.6) is 0 Å². The van der Waals surface area contributed by atoms with Crippen molar-refractivity contribution in [1.82, 2.24) is 5.32 Å². The molecule has 5 unspecified atom stereocenters. The predicted molar refractivity (Wildman–Crippen MR) is 57.8 cm³/mol. The van der Waals surface area contributed by atoms with Gasteiger partial charge in [-0.25, -0.2) is 0 Å². The van der Waals surface area contributed by atoms with Crippen LogP contribution in [0.1, 0.15) is 40.5 Å². The van der Waals surface area contributed by atoms with Crippen LogP contribution in [0.4, 0.5) is 0 Å². The summed E-state index contributed by atoms with van der Waals surface area (Å²) in [5.41, 5.74) is 0.372. The third-order valence-electron chi connectivity index (χ3n) is 5.16. The topological polar surface area (TPSA) is 32.3 Å². The fourth-order valence-electron chi connectivity index (χ4n) is 3.52. The van der Waals surface area contributed by atoms with Gasteiger partial charge in [-0.15, -0.1) is 0 Å². The smallest absolute Gasteiger partial charge is 0.110 e. The number of fused-ring (bicyclic) bond motifs is 1. The summed E-state index contributed by atoms with van der Waals surface area (Å²) in [6.45, 7) is 10.2. The molecule has 0 spiro atoms. The Morgan fingerprint density at radius 3 is 2.36 bits per heavy atom. The molecule has 1 saturated carbocycles. The van der Waals surface area contributed by atoms with Crippen molar-refractivity contribution in [3.8, 4) is 0 Å². The summed E-state index contributed by atoms with van der Waals surface area (Å²) in [4.78, 5) is 0. The van der Waals surface area contributed by atoms with Crippen molar-refractivity contribution in [2.45, 2.75) is 46.8 Å². The molecule has 1 aliphatic heterocycles. The van der Waals surface area contributed by atoms with Crippen molar-refractivity contribution in [1.29, 1.82) is 0 Å². The first kappa shape index (κ1) is 10.4. The van der Waals surface area contributed by atoms with Gasteiger partial charge in [0.25, 0.3) is 0 Å². The number of nitrogens with one attached hydrogen (secondary N) is 1. The molecule has 0 aromatic heterocycles. The minimum absolute atomic E-state index is 0.0823. The van der Waals surface area contributed by atoms with Crippen LogP contribution in [-0.2, 0) is 0 Å². The van der Waals surface area contributed by atoms with Gasteiger partial charge < -0.3 is 5.11 Å². The van der Waals surface area contributed by atoms with Gasteiger partial charge in [0.15, 0.2) is 0 Å². The molecule has 2 nitrogen and oxygen atoms in total. The average Bonchev–Trinajstić information content (AvgIpc) is 2.30. The highest BCUT2D eigenvalue weighted by Gasteiger charge is 2.57. The molecule has 14 heavy (non-hydrogen) atoms. The fraction of sp³-hybridized carbons (Fsp3) is 1.00. The molecule has 1 saturated heterocycles. The molecule has 0 aromatic rings. The van der Waals surface area contributed by atoms with E-state index in [1.807, 2.05) is 0 Å². The summed E-state index contributed by atoms with van der Waals surface area (Å²) in [5.74, 6) is 1.53. The molecule has 1 heterocycles. The van der Waals surface area contributed by atoms with E-state index in [9.17, 15) is 5.11 Å². The van der Waals surface area contributed by atoms with Crippen LogP contribution < -0.4 is 5.32 Å². The quantitative estimate of drug-likeness (QED) is 0.622. The van der Waals surface area contributed by atoms with Crippen molar-refractivity contribution < 1.29 is 5.11 Å². The lowest BCUT2D eigenvalue weighted by molar-refractivity contribution is -0.0696. The highest BCUT2D eigenvalue weighted by molar-refractivity contribution is 5.07. The Labute approximate surface area is 87.1 Å². The lowest BCUT2D eigenvalue weighted by Gasteiger charge is -2.50. The van der Waals surface area contributed by atoms with Gasteiger partial charge in [0.05, 0.1) is 0 Å². The van der Waals surface area contributed by atoms with Crippen LogP contribution in [0.15, 0.2) is 0 Å². The van der Waals surface area contributed by atoms with Gasteiger partial charge in [0.2, 0.25) is 0 Å². The summed E-state index contributed by atoms with van der Waals surface area (Å²) >= 11 is 0. The fourth-order valence-corrected chi connectivity index (χ4v) is 3.52. The van der Waals surface area contributed by atoms with E-state index >= 15 is 0 Å². The Kier molecular flexibility index (Phi) is 2.20. The summed E-state index contributed by atoms with van der Waals surface area (Å²) < 4.78 is 0. The van der Waals surface area contributed by atoms with E-state index in [-0.39, 0.29) is 11.6 Å². The molecule has 2 aliphatic rings. The maximum atomic E-state index is 10.0. The van der Waals surface area contributed by atoms with Crippen LogP contribution >= 0.6 is 0 Å². The highest BCUT2D eigenvalue weighted by Crippen LogP contribution is 2.57. The molecular weight excluding hydrogens is 174 g/mol. The summed E-state index contributed by atoms with van der Waals surface area (Å²) in [6.07, 6.45) is 2.09. The number of rotatable bonds is 0. The molecule has 2 rings (SSSR count). The normalized spacial score (nSPS) is 58.5. The van der Waals surface area contributed by atoms with Gasteiger partial charge in [-0.2, -0.15) is 0 Å². The summed E-state index contributed by atoms with van der Waals surface area (Å²) in [6, 6.07) is 0. The lowest BCUT2D eigenvalue weighted by Crippen LogP contribution is -2.48.